The average molecular weight is 423 g/mol. The Kier molecular flexibility index (Phi) is 5.43. The van der Waals surface area contributed by atoms with Crippen molar-refractivity contribution in [1.29, 1.82) is 0 Å². The Balaban J connectivity index is 1.87. The summed E-state index contributed by atoms with van der Waals surface area (Å²) in [7, 11) is 3.57. The van der Waals surface area contributed by atoms with Crippen LogP contribution in [0.4, 0.5) is 11.9 Å². The van der Waals surface area contributed by atoms with E-state index in [-0.39, 0.29) is 23.7 Å². The van der Waals surface area contributed by atoms with E-state index in [0.29, 0.717) is 5.95 Å². The lowest BCUT2D eigenvalue weighted by Gasteiger charge is -2.19. The number of hydrogen-bond donors (Lipinski definition) is 2. The van der Waals surface area contributed by atoms with Gasteiger partial charge in [0, 0.05) is 23.5 Å². The maximum atomic E-state index is 12.7. The summed E-state index contributed by atoms with van der Waals surface area (Å²) in [6.07, 6.45) is 1.88. The number of benzene rings is 1. The van der Waals surface area contributed by atoms with Gasteiger partial charge in [0.1, 0.15) is 0 Å². The number of fused-ring (bicyclic) bond motifs is 1. The van der Waals surface area contributed by atoms with Crippen molar-refractivity contribution in [2.75, 3.05) is 30.5 Å². The number of halogens is 1. The predicted octanol–water partition coefficient (Wildman–Crippen LogP) is 2.64. The summed E-state index contributed by atoms with van der Waals surface area (Å²) in [4.78, 5) is 27.8. The van der Waals surface area contributed by atoms with Crippen LogP contribution in [-0.4, -0.2) is 40.7 Å². The van der Waals surface area contributed by atoms with Crippen LogP contribution in [0.2, 0.25) is 0 Å². The molecule has 1 aromatic carbocycles. The Morgan fingerprint density at radius 3 is 2.92 bits per heavy atom. The number of nitrogens with zero attached hydrogens (tertiary/aromatic N) is 4. The lowest BCUT2D eigenvalue weighted by atomic mass is 10.0. The highest BCUT2D eigenvalue weighted by Gasteiger charge is 2.23. The number of carbonyl (C=O) groups is 1. The number of rotatable bonds is 3. The summed E-state index contributed by atoms with van der Waals surface area (Å²) in [5.41, 5.74) is 6.82. The van der Waals surface area contributed by atoms with Crippen LogP contribution < -0.4 is 16.0 Å². The number of nitrogens with two attached hydrogens (primary N) is 1. The fourth-order valence-corrected chi connectivity index (χ4v) is 4.04. The third kappa shape index (κ3) is 4.21. The predicted molar refractivity (Wildman–Crippen MR) is 103 cm³/mol. The largest absolute Gasteiger partial charge is 0.368 e. The molecule has 1 amide bonds. The minimum Gasteiger partial charge on any atom is -0.368 e. The van der Waals surface area contributed by atoms with E-state index in [0.717, 1.165) is 28.6 Å². The Morgan fingerprint density at radius 2 is 2.16 bits per heavy atom. The molecule has 1 aliphatic rings. The van der Waals surface area contributed by atoms with Gasteiger partial charge in [-0.05, 0) is 42.4 Å². The molecule has 2 aromatic rings. The number of thioether (sulfide) groups is 1. The van der Waals surface area contributed by atoms with Gasteiger partial charge >= 0.3 is 0 Å². The van der Waals surface area contributed by atoms with Crippen molar-refractivity contribution in [3.05, 3.63) is 34.1 Å². The number of carbonyl (C=O) groups excluding carboxylic acids is 1. The number of nitrogen functional groups attached to an aromatic ring is 1. The molecule has 0 saturated carbocycles. The smallest absolute Gasteiger partial charge is 0.289 e. The zero-order valence-corrected chi connectivity index (χ0v) is 16.4. The van der Waals surface area contributed by atoms with Crippen molar-refractivity contribution in [1.82, 2.24) is 20.3 Å². The van der Waals surface area contributed by atoms with Crippen molar-refractivity contribution in [3.8, 4) is 0 Å². The first-order valence-electron chi connectivity index (χ1n) is 7.86. The molecule has 9 heteroatoms. The molecule has 0 bridgehead atoms. The molecular formula is C16H19BrN6OS. The van der Waals surface area contributed by atoms with E-state index in [1.807, 2.05) is 17.8 Å². The molecule has 1 unspecified atom stereocenters. The molecule has 0 fully saturated rings. The first kappa shape index (κ1) is 17.9. The van der Waals surface area contributed by atoms with E-state index < -0.39 is 0 Å². The van der Waals surface area contributed by atoms with Crippen molar-refractivity contribution >= 4 is 45.5 Å². The van der Waals surface area contributed by atoms with Crippen molar-refractivity contribution in [3.63, 3.8) is 0 Å². The summed E-state index contributed by atoms with van der Waals surface area (Å²) in [6.45, 7) is 0. The van der Waals surface area contributed by atoms with Crippen LogP contribution in [0.25, 0.3) is 0 Å². The van der Waals surface area contributed by atoms with Gasteiger partial charge in [-0.1, -0.05) is 15.9 Å². The zero-order chi connectivity index (χ0) is 18.0. The summed E-state index contributed by atoms with van der Waals surface area (Å²) < 4.78 is 0.993. The van der Waals surface area contributed by atoms with Crippen LogP contribution >= 0.6 is 27.7 Å². The Bertz CT molecular complexity index is 800. The fourth-order valence-electron chi connectivity index (χ4n) is 2.60. The minimum atomic E-state index is -0.347. The van der Waals surface area contributed by atoms with Crippen molar-refractivity contribution in [2.24, 2.45) is 0 Å². The highest BCUT2D eigenvalue weighted by molar-refractivity contribution is 9.10. The first-order chi connectivity index (χ1) is 11.9. The lowest BCUT2D eigenvalue weighted by molar-refractivity contribution is 0.0923. The highest BCUT2D eigenvalue weighted by Crippen LogP contribution is 2.36. The van der Waals surface area contributed by atoms with Gasteiger partial charge in [0.05, 0.1) is 6.04 Å². The maximum absolute atomic E-state index is 12.7. The fraction of sp³-hybridized carbons (Fsp3) is 0.375. The van der Waals surface area contributed by atoms with E-state index in [4.69, 9.17) is 5.73 Å². The van der Waals surface area contributed by atoms with Crippen LogP contribution in [0.1, 0.15) is 35.1 Å². The Labute approximate surface area is 158 Å². The molecule has 0 saturated heterocycles. The molecule has 132 valence electrons. The monoisotopic (exact) mass is 422 g/mol. The van der Waals surface area contributed by atoms with Gasteiger partial charge in [0.2, 0.25) is 17.7 Å². The topological polar surface area (TPSA) is 97.0 Å². The summed E-state index contributed by atoms with van der Waals surface area (Å²) >= 11 is 5.33. The second kappa shape index (κ2) is 7.57. The second-order valence-electron chi connectivity index (χ2n) is 5.91. The molecule has 3 N–H and O–H groups in total. The summed E-state index contributed by atoms with van der Waals surface area (Å²) in [6, 6.07) is 6.08. The molecule has 1 aliphatic heterocycles. The standard InChI is InChI=1S/C16H19BrN6OS/c1-23(2)16-21-13(20-15(18)22-16)14(24)19-11-4-3-7-25-12-6-5-9(17)8-10(11)12/h5-6,8,11H,3-4,7H2,1-2H3,(H,19,24)(H2,18,20,21,22). The van der Waals surface area contributed by atoms with Gasteiger partial charge in [0.15, 0.2) is 0 Å². The summed E-state index contributed by atoms with van der Waals surface area (Å²) in [5.74, 6) is 1.11. The molecule has 3 rings (SSSR count). The molecule has 0 radical (unpaired) electrons. The molecule has 0 aliphatic carbocycles. The SMILES string of the molecule is CN(C)c1nc(N)nc(C(=O)NC2CCCSc3ccc(Br)cc32)n1. The molecular weight excluding hydrogens is 404 g/mol. The van der Waals surface area contributed by atoms with Gasteiger partial charge in [0.25, 0.3) is 5.91 Å². The third-order valence-electron chi connectivity index (χ3n) is 3.79. The van der Waals surface area contributed by atoms with Gasteiger partial charge in [-0.15, -0.1) is 11.8 Å². The quantitative estimate of drug-likeness (QED) is 0.784. The van der Waals surface area contributed by atoms with Gasteiger partial charge in [-0.3, -0.25) is 4.79 Å². The van der Waals surface area contributed by atoms with E-state index in [2.05, 4.69) is 48.3 Å². The number of anilines is 2. The van der Waals surface area contributed by atoms with Crippen LogP contribution in [0.5, 0.6) is 0 Å². The number of hydrogen-bond acceptors (Lipinski definition) is 7. The molecule has 1 aromatic heterocycles. The van der Waals surface area contributed by atoms with Gasteiger partial charge in [-0.25, -0.2) is 0 Å². The van der Waals surface area contributed by atoms with Crippen LogP contribution in [0.3, 0.4) is 0 Å². The number of aromatic nitrogens is 3. The van der Waals surface area contributed by atoms with Gasteiger partial charge < -0.3 is 16.0 Å². The zero-order valence-electron chi connectivity index (χ0n) is 14.0. The number of amides is 1. The molecule has 1 atom stereocenters. The first-order valence-corrected chi connectivity index (χ1v) is 9.64. The lowest BCUT2D eigenvalue weighted by Crippen LogP contribution is -2.31. The third-order valence-corrected chi connectivity index (χ3v) is 5.46. The van der Waals surface area contributed by atoms with Gasteiger partial charge in [-0.2, -0.15) is 15.0 Å². The van der Waals surface area contributed by atoms with E-state index in [1.54, 1.807) is 19.0 Å². The molecule has 2 heterocycles. The van der Waals surface area contributed by atoms with E-state index in [9.17, 15) is 4.79 Å². The second-order valence-corrected chi connectivity index (χ2v) is 7.96. The minimum absolute atomic E-state index is 0.0309. The van der Waals surface area contributed by atoms with E-state index in [1.165, 1.54) is 4.90 Å². The van der Waals surface area contributed by atoms with Crippen molar-refractivity contribution < 1.29 is 4.79 Å². The Hall–Kier alpha value is -1.87. The van der Waals surface area contributed by atoms with Crippen LogP contribution in [0.15, 0.2) is 27.6 Å². The highest BCUT2D eigenvalue weighted by atomic mass is 79.9. The normalized spacial score (nSPS) is 16.7. The van der Waals surface area contributed by atoms with E-state index >= 15 is 0 Å². The summed E-state index contributed by atoms with van der Waals surface area (Å²) in [5, 5.41) is 3.05. The Morgan fingerprint density at radius 1 is 1.36 bits per heavy atom. The number of nitrogens with one attached hydrogen (secondary N) is 1. The molecule has 0 spiro atoms. The maximum Gasteiger partial charge on any atom is 0.289 e. The molecule has 7 nitrogen and oxygen atoms in total. The van der Waals surface area contributed by atoms with Crippen molar-refractivity contribution in [2.45, 2.75) is 23.8 Å². The van der Waals surface area contributed by atoms with Crippen LogP contribution in [0, 0.1) is 0 Å². The molecule has 25 heavy (non-hydrogen) atoms. The average Bonchev–Trinajstić information content (AvgIpc) is 2.76. The van der Waals surface area contributed by atoms with Crippen LogP contribution in [-0.2, 0) is 0 Å².